The highest BCUT2D eigenvalue weighted by atomic mass is 16.6. The van der Waals surface area contributed by atoms with Crippen LogP contribution in [0.4, 0.5) is 4.79 Å². The molecule has 0 aromatic rings. The van der Waals surface area contributed by atoms with E-state index in [1.165, 1.54) is 308 Å². The van der Waals surface area contributed by atoms with Gasteiger partial charge in [0.15, 0.2) is 0 Å². The van der Waals surface area contributed by atoms with Gasteiger partial charge >= 0.3 is 6.09 Å². The molecular formula is C57H116NO2+. The molecule has 0 rings (SSSR count). The van der Waals surface area contributed by atoms with Crippen LogP contribution in [-0.2, 0) is 4.74 Å². The fourth-order valence-corrected chi connectivity index (χ4v) is 9.76. The summed E-state index contributed by atoms with van der Waals surface area (Å²) in [5.41, 5.74) is 0. The van der Waals surface area contributed by atoms with Crippen molar-refractivity contribution in [2.45, 2.75) is 336 Å². The summed E-state index contributed by atoms with van der Waals surface area (Å²) in [5, 5.41) is 0. The monoisotopic (exact) mass is 847 g/mol. The third-order valence-electron chi connectivity index (χ3n) is 14.0. The van der Waals surface area contributed by atoms with Crippen LogP contribution in [0.25, 0.3) is 0 Å². The molecule has 0 spiro atoms. The van der Waals surface area contributed by atoms with Gasteiger partial charge < -0.3 is 4.74 Å². The first-order valence-electron chi connectivity index (χ1n) is 28.7. The van der Waals surface area contributed by atoms with Crippen molar-refractivity contribution in [3.63, 3.8) is 0 Å². The Bertz CT molecular complexity index is 709. The molecule has 0 atom stereocenters. The Kier molecular flexibility index (Phi) is 50.6. The van der Waals surface area contributed by atoms with Crippen LogP contribution in [0, 0.1) is 0 Å². The van der Waals surface area contributed by atoms with Crippen LogP contribution >= 0.6 is 0 Å². The second-order valence-electron chi connectivity index (χ2n) is 19.9. The Balaban J connectivity index is 4.53. The summed E-state index contributed by atoms with van der Waals surface area (Å²) < 4.78 is 6.48. The summed E-state index contributed by atoms with van der Waals surface area (Å²) in [4.78, 5) is 13.8. The molecule has 0 bridgehead atoms. The van der Waals surface area contributed by atoms with Crippen LogP contribution in [0.5, 0.6) is 0 Å². The summed E-state index contributed by atoms with van der Waals surface area (Å²) >= 11 is 0. The first-order valence-corrected chi connectivity index (χ1v) is 28.7. The Morgan fingerprint density at radius 3 is 0.550 bits per heavy atom. The molecule has 0 saturated carbocycles. The summed E-state index contributed by atoms with van der Waals surface area (Å²) in [7, 11) is 0. The van der Waals surface area contributed by atoms with Gasteiger partial charge in [-0.25, -0.2) is 4.48 Å². The number of ether oxygens (including phenoxy) is 1. The molecule has 0 unspecified atom stereocenters. The van der Waals surface area contributed by atoms with E-state index < -0.39 is 0 Å². The quantitative estimate of drug-likeness (QED) is 0.0450. The highest BCUT2D eigenvalue weighted by Crippen LogP contribution is 2.22. The molecule has 0 radical (unpaired) electrons. The smallest absolute Gasteiger partial charge is 0.420 e. The van der Waals surface area contributed by atoms with Crippen molar-refractivity contribution in [2.24, 2.45) is 0 Å². The zero-order chi connectivity index (χ0) is 43.6. The lowest BCUT2D eigenvalue weighted by molar-refractivity contribution is -0.858. The van der Waals surface area contributed by atoms with E-state index >= 15 is 0 Å². The van der Waals surface area contributed by atoms with Gasteiger partial charge in [-0.1, -0.05) is 290 Å². The van der Waals surface area contributed by atoms with Crippen molar-refractivity contribution in [1.82, 2.24) is 0 Å². The number of carbonyl (C=O) groups is 1. The summed E-state index contributed by atoms with van der Waals surface area (Å²) in [6, 6.07) is 0. The molecule has 0 aliphatic rings. The van der Waals surface area contributed by atoms with E-state index in [2.05, 4.69) is 20.8 Å². The van der Waals surface area contributed by atoms with Crippen LogP contribution in [0.1, 0.15) is 336 Å². The lowest BCUT2D eigenvalue weighted by Crippen LogP contribution is -2.55. The normalized spacial score (nSPS) is 11.9. The number of unbranched alkanes of at least 4 members (excludes halogenated alkanes) is 45. The molecule has 60 heavy (non-hydrogen) atoms. The number of hydrogen-bond donors (Lipinski definition) is 0. The van der Waals surface area contributed by atoms with Gasteiger partial charge in [0, 0.05) is 0 Å². The molecule has 0 aromatic heterocycles. The molecule has 0 fully saturated rings. The predicted octanol–water partition coefficient (Wildman–Crippen LogP) is 20.7. The van der Waals surface area contributed by atoms with E-state index in [0.29, 0.717) is 11.1 Å². The van der Waals surface area contributed by atoms with Crippen LogP contribution in [-0.4, -0.2) is 36.8 Å². The zero-order valence-electron chi connectivity index (χ0n) is 42.5. The fourth-order valence-electron chi connectivity index (χ4n) is 9.76. The predicted molar refractivity (Wildman–Crippen MR) is 271 cm³/mol. The molecular weight excluding hydrogens is 731 g/mol. The molecule has 3 heteroatoms. The minimum atomic E-state index is 0.0837. The zero-order valence-corrected chi connectivity index (χ0v) is 42.5. The standard InChI is InChI=1S/C57H116NO2/c1-5-9-12-15-18-21-24-27-30-33-36-39-42-45-48-51-54-58(57(59)60-8-4,55-52-49-46-43-40-37-34-31-28-25-22-19-16-13-10-6-2)56-53-50-47-44-41-38-35-32-29-26-23-20-17-14-11-7-3/h5-56H2,1-4H3/q+1. The summed E-state index contributed by atoms with van der Waals surface area (Å²) in [5.74, 6) is 0. The molecule has 0 saturated heterocycles. The van der Waals surface area contributed by atoms with Crippen LogP contribution in [0.15, 0.2) is 0 Å². The van der Waals surface area contributed by atoms with Gasteiger partial charge in [0.05, 0.1) is 26.2 Å². The number of nitrogens with zero attached hydrogens (tertiary/aromatic N) is 1. The maximum atomic E-state index is 13.8. The highest BCUT2D eigenvalue weighted by molar-refractivity contribution is 5.59. The van der Waals surface area contributed by atoms with Crippen molar-refractivity contribution >= 4 is 6.09 Å². The average Bonchev–Trinajstić information content (AvgIpc) is 3.25. The van der Waals surface area contributed by atoms with Crippen molar-refractivity contribution in [3.05, 3.63) is 0 Å². The molecule has 1 amide bonds. The highest BCUT2D eigenvalue weighted by Gasteiger charge is 2.37. The van der Waals surface area contributed by atoms with Gasteiger partial charge in [-0.3, -0.25) is 0 Å². The Morgan fingerprint density at radius 1 is 0.250 bits per heavy atom. The van der Waals surface area contributed by atoms with Gasteiger partial charge in [-0.15, -0.1) is 0 Å². The third kappa shape index (κ3) is 42.7. The third-order valence-corrected chi connectivity index (χ3v) is 14.0. The molecule has 0 aliphatic carbocycles. The SMILES string of the molecule is CCCCCCCCCCCCCCCCCC[N+](CCCCCCCCCCCCCCCCCC)(CCCCCCCCCCCCCCCCCC)C(=O)OCC. The van der Waals surface area contributed by atoms with Crippen molar-refractivity contribution in [2.75, 3.05) is 26.2 Å². The number of quaternary nitrogens is 1. The van der Waals surface area contributed by atoms with Crippen LogP contribution in [0.2, 0.25) is 0 Å². The maximum Gasteiger partial charge on any atom is 0.516 e. The average molecular weight is 848 g/mol. The number of amides is 1. The number of rotatable bonds is 52. The minimum Gasteiger partial charge on any atom is -0.420 e. The topological polar surface area (TPSA) is 26.3 Å². The molecule has 0 aliphatic heterocycles. The van der Waals surface area contributed by atoms with E-state index in [0.717, 1.165) is 19.6 Å². The summed E-state index contributed by atoms with van der Waals surface area (Å²) in [6.07, 6.45) is 67.0. The molecule has 0 heterocycles. The Labute approximate surface area is 380 Å². The lowest BCUT2D eigenvalue weighted by atomic mass is 10.0. The van der Waals surface area contributed by atoms with Crippen molar-refractivity contribution < 1.29 is 14.0 Å². The molecule has 3 nitrogen and oxygen atoms in total. The van der Waals surface area contributed by atoms with Crippen LogP contribution in [0.3, 0.4) is 0 Å². The van der Waals surface area contributed by atoms with Gasteiger partial charge in [-0.2, -0.15) is 4.79 Å². The Hall–Kier alpha value is -0.570. The van der Waals surface area contributed by atoms with E-state index in [9.17, 15) is 4.79 Å². The van der Waals surface area contributed by atoms with E-state index in [1.807, 2.05) is 6.92 Å². The molecule has 0 aromatic carbocycles. The van der Waals surface area contributed by atoms with Crippen LogP contribution < -0.4 is 0 Å². The Morgan fingerprint density at radius 2 is 0.400 bits per heavy atom. The second-order valence-corrected chi connectivity index (χ2v) is 19.9. The minimum absolute atomic E-state index is 0.0837. The number of hydrogen-bond acceptors (Lipinski definition) is 2. The first-order chi connectivity index (χ1) is 29.7. The number of carbonyl (C=O) groups excluding carboxylic acids is 1. The molecule has 360 valence electrons. The first kappa shape index (κ1) is 59.4. The largest absolute Gasteiger partial charge is 0.516 e. The van der Waals surface area contributed by atoms with Gasteiger partial charge in [-0.05, 0) is 45.4 Å². The molecule has 0 N–H and O–H groups in total. The maximum absolute atomic E-state index is 13.8. The van der Waals surface area contributed by atoms with E-state index in [4.69, 9.17) is 4.74 Å². The lowest BCUT2D eigenvalue weighted by Gasteiger charge is -2.35. The second kappa shape index (κ2) is 51.1. The van der Waals surface area contributed by atoms with Gasteiger partial charge in [0.2, 0.25) is 0 Å². The fraction of sp³-hybridized carbons (Fsp3) is 0.982. The van der Waals surface area contributed by atoms with E-state index in [1.54, 1.807) is 0 Å². The van der Waals surface area contributed by atoms with Gasteiger partial charge in [0.1, 0.15) is 0 Å². The van der Waals surface area contributed by atoms with E-state index in [-0.39, 0.29) is 6.09 Å². The van der Waals surface area contributed by atoms with Crippen molar-refractivity contribution in [1.29, 1.82) is 0 Å². The van der Waals surface area contributed by atoms with Crippen molar-refractivity contribution in [3.8, 4) is 0 Å². The summed E-state index contributed by atoms with van der Waals surface area (Å²) in [6.45, 7) is 12.4. The van der Waals surface area contributed by atoms with Gasteiger partial charge in [0.25, 0.3) is 0 Å².